The third kappa shape index (κ3) is 7.16. The van der Waals surface area contributed by atoms with Crippen LogP contribution in [0.3, 0.4) is 0 Å². The lowest BCUT2D eigenvalue weighted by atomic mass is 9.91. The number of pyridine rings is 1. The number of nitrogens with one attached hydrogen (secondary N) is 1. The van der Waals surface area contributed by atoms with Crippen LogP contribution in [0.2, 0.25) is 0 Å². The van der Waals surface area contributed by atoms with E-state index in [9.17, 15) is 0 Å². The zero-order chi connectivity index (χ0) is 19.4. The van der Waals surface area contributed by atoms with E-state index in [1.54, 1.807) is 11.2 Å². The smallest absolute Gasteiger partial charge is 0.128 e. The molecule has 0 amide bonds. The van der Waals surface area contributed by atoms with E-state index in [0.29, 0.717) is 12.5 Å². The number of aromatic nitrogens is 1. The third-order valence-electron chi connectivity index (χ3n) is 4.18. The zero-order valence-electron chi connectivity index (χ0n) is 16.2. The molecule has 1 aromatic rings. The van der Waals surface area contributed by atoms with Gasteiger partial charge in [0.2, 0.25) is 0 Å². The Morgan fingerprint density at radius 3 is 2.58 bits per heavy atom. The molecule has 5 heteroatoms. The van der Waals surface area contributed by atoms with Gasteiger partial charge in [0.25, 0.3) is 0 Å². The summed E-state index contributed by atoms with van der Waals surface area (Å²) in [5.41, 5.74) is 3.16. The number of allylic oxidation sites excluding steroid dienone is 3. The summed E-state index contributed by atoms with van der Waals surface area (Å²) < 4.78 is 0. The fourth-order valence-corrected chi connectivity index (χ4v) is 3.01. The lowest BCUT2D eigenvalue weighted by molar-refractivity contribution is 0.415. The lowest BCUT2D eigenvalue weighted by Crippen LogP contribution is -2.27. The van der Waals surface area contributed by atoms with E-state index >= 15 is 0 Å². The maximum atomic E-state index is 4.34. The second kappa shape index (κ2) is 12.5. The molecule has 0 saturated carbocycles. The molecule has 0 unspecified atom stereocenters. The van der Waals surface area contributed by atoms with Crippen LogP contribution >= 0.6 is 15.9 Å². The number of rotatable bonds is 12. The van der Waals surface area contributed by atoms with Gasteiger partial charge in [0.1, 0.15) is 5.82 Å². The maximum Gasteiger partial charge on any atom is 0.128 e. The molecule has 0 aliphatic carbocycles. The van der Waals surface area contributed by atoms with Crippen molar-refractivity contribution in [1.29, 1.82) is 0 Å². The number of hydrazone groups is 1. The molecule has 1 aromatic heterocycles. The summed E-state index contributed by atoms with van der Waals surface area (Å²) in [5, 5.41) is 9.42. The van der Waals surface area contributed by atoms with Gasteiger partial charge in [-0.2, -0.15) is 5.10 Å². The van der Waals surface area contributed by atoms with Crippen LogP contribution < -0.4 is 5.32 Å². The number of hydrogen-bond donors (Lipinski definition) is 1. The van der Waals surface area contributed by atoms with Crippen LogP contribution in [0.25, 0.3) is 0 Å². The van der Waals surface area contributed by atoms with Crippen molar-refractivity contribution in [2.75, 3.05) is 0 Å². The van der Waals surface area contributed by atoms with Crippen LogP contribution in [0, 0.1) is 5.92 Å². The fraction of sp³-hybridized carbons (Fsp3) is 0.429. The molecule has 0 aliphatic rings. The molecule has 0 aliphatic heterocycles. The van der Waals surface area contributed by atoms with Crippen LogP contribution in [0.15, 0.2) is 64.4 Å². The summed E-state index contributed by atoms with van der Waals surface area (Å²) in [6.45, 7) is 15.1. The first kappa shape index (κ1) is 22.2. The summed E-state index contributed by atoms with van der Waals surface area (Å²) in [7, 11) is 0. The van der Waals surface area contributed by atoms with E-state index < -0.39 is 0 Å². The standard InChI is InChI=1S/C21H31BrN4/c1-6-9-20(10-7-2)17(3)13-21(26(23-5)18(4)14-22)25-16-19-11-8-12-24-15-19/h8,11-15,20,25H,3,5-7,9-10,16H2,1-2,4H3/b18-14+,21-13-. The third-order valence-corrected chi connectivity index (χ3v) is 4.84. The molecule has 0 aromatic carbocycles. The summed E-state index contributed by atoms with van der Waals surface area (Å²) >= 11 is 3.39. The molecule has 4 nitrogen and oxygen atoms in total. The monoisotopic (exact) mass is 418 g/mol. The van der Waals surface area contributed by atoms with Gasteiger partial charge in [-0.3, -0.25) is 4.98 Å². The van der Waals surface area contributed by atoms with Crippen molar-refractivity contribution in [2.24, 2.45) is 11.0 Å². The highest BCUT2D eigenvalue weighted by molar-refractivity contribution is 9.11. The van der Waals surface area contributed by atoms with Gasteiger partial charge in [-0.05, 0) is 49.0 Å². The van der Waals surface area contributed by atoms with E-state index in [0.717, 1.165) is 48.3 Å². The van der Waals surface area contributed by atoms with Crippen LogP contribution in [-0.4, -0.2) is 16.7 Å². The van der Waals surface area contributed by atoms with Crippen molar-refractivity contribution in [2.45, 2.75) is 53.0 Å². The van der Waals surface area contributed by atoms with Gasteiger partial charge in [0.15, 0.2) is 0 Å². The first-order valence-corrected chi connectivity index (χ1v) is 10.1. The molecule has 0 bridgehead atoms. The van der Waals surface area contributed by atoms with Crippen LogP contribution in [0.5, 0.6) is 0 Å². The Balaban J connectivity index is 3.07. The summed E-state index contributed by atoms with van der Waals surface area (Å²) in [6.07, 6.45) is 10.3. The average Bonchev–Trinajstić information content (AvgIpc) is 2.66. The molecule has 142 valence electrons. The minimum absolute atomic E-state index is 0.486. The first-order chi connectivity index (χ1) is 12.6. The molecule has 1 rings (SSSR count). The van der Waals surface area contributed by atoms with Gasteiger partial charge < -0.3 is 5.32 Å². The summed E-state index contributed by atoms with van der Waals surface area (Å²) in [4.78, 5) is 6.00. The normalized spacial score (nSPS) is 12.2. The second-order valence-electron chi connectivity index (χ2n) is 6.30. The number of halogens is 1. The Bertz CT molecular complexity index is 616. The van der Waals surface area contributed by atoms with Gasteiger partial charge >= 0.3 is 0 Å². The Morgan fingerprint density at radius 1 is 1.38 bits per heavy atom. The van der Waals surface area contributed by atoms with Crippen molar-refractivity contribution < 1.29 is 0 Å². The molecule has 0 fully saturated rings. The van der Waals surface area contributed by atoms with E-state index in [1.807, 2.05) is 30.2 Å². The average molecular weight is 419 g/mol. The van der Waals surface area contributed by atoms with E-state index in [-0.39, 0.29) is 0 Å². The Kier molecular flexibility index (Phi) is 10.6. The quantitative estimate of drug-likeness (QED) is 0.258. The molecule has 1 N–H and O–H groups in total. The van der Waals surface area contributed by atoms with E-state index in [4.69, 9.17) is 0 Å². The van der Waals surface area contributed by atoms with Crippen molar-refractivity contribution in [3.05, 3.63) is 64.8 Å². The van der Waals surface area contributed by atoms with Crippen molar-refractivity contribution in [3.63, 3.8) is 0 Å². The molecule has 1 heterocycles. The fourth-order valence-electron chi connectivity index (χ4n) is 2.81. The second-order valence-corrected chi connectivity index (χ2v) is 6.76. The molecule has 0 saturated heterocycles. The first-order valence-electron chi connectivity index (χ1n) is 9.14. The van der Waals surface area contributed by atoms with Crippen molar-refractivity contribution in [3.8, 4) is 0 Å². The van der Waals surface area contributed by atoms with Crippen LogP contribution in [0.4, 0.5) is 0 Å². The highest BCUT2D eigenvalue weighted by Crippen LogP contribution is 2.25. The summed E-state index contributed by atoms with van der Waals surface area (Å²) in [6, 6.07) is 3.98. The minimum Gasteiger partial charge on any atom is -0.366 e. The molecular weight excluding hydrogens is 388 g/mol. The van der Waals surface area contributed by atoms with Gasteiger partial charge in [0, 0.05) is 36.3 Å². The molecule has 0 radical (unpaired) electrons. The molecule has 26 heavy (non-hydrogen) atoms. The van der Waals surface area contributed by atoms with Gasteiger partial charge in [-0.1, -0.05) is 55.3 Å². The van der Waals surface area contributed by atoms with E-state index in [2.05, 4.69) is 64.6 Å². The van der Waals surface area contributed by atoms with Crippen LogP contribution in [-0.2, 0) is 6.54 Å². The molecule has 0 spiro atoms. The van der Waals surface area contributed by atoms with Crippen molar-refractivity contribution in [1.82, 2.24) is 15.3 Å². The highest BCUT2D eigenvalue weighted by Gasteiger charge is 2.14. The van der Waals surface area contributed by atoms with Gasteiger partial charge in [-0.15, -0.1) is 0 Å². The Hall–Kier alpha value is -1.88. The van der Waals surface area contributed by atoms with Gasteiger partial charge in [-0.25, -0.2) is 5.01 Å². The number of hydrogen-bond acceptors (Lipinski definition) is 4. The Labute approximate surface area is 166 Å². The maximum absolute atomic E-state index is 4.34. The lowest BCUT2D eigenvalue weighted by Gasteiger charge is -2.25. The number of nitrogens with zero attached hydrogens (tertiary/aromatic N) is 3. The topological polar surface area (TPSA) is 40.5 Å². The minimum atomic E-state index is 0.486. The zero-order valence-corrected chi connectivity index (χ0v) is 17.8. The SMILES string of the molecule is C=NN(/C(=C\C(=C)C(CCC)CCC)NCc1cccnc1)/C(C)=C/Br. The summed E-state index contributed by atoms with van der Waals surface area (Å²) in [5.74, 6) is 1.35. The predicted molar refractivity (Wildman–Crippen MR) is 116 cm³/mol. The highest BCUT2D eigenvalue weighted by atomic mass is 79.9. The van der Waals surface area contributed by atoms with E-state index in [1.165, 1.54) is 0 Å². The molecule has 0 atom stereocenters. The molecular formula is C21H31BrN4. The predicted octanol–water partition coefficient (Wildman–Crippen LogP) is 5.96. The van der Waals surface area contributed by atoms with Gasteiger partial charge in [0.05, 0.1) is 0 Å². The van der Waals surface area contributed by atoms with Crippen molar-refractivity contribution >= 4 is 22.6 Å². The Morgan fingerprint density at radius 2 is 2.08 bits per heavy atom. The van der Waals surface area contributed by atoms with Crippen LogP contribution in [0.1, 0.15) is 52.0 Å². The largest absolute Gasteiger partial charge is 0.366 e.